The first-order valence-corrected chi connectivity index (χ1v) is 6.72. The number of hydrogen-bond acceptors (Lipinski definition) is 5. The molecule has 0 unspecified atom stereocenters. The zero-order valence-electron chi connectivity index (χ0n) is 10.9. The number of nitro groups is 1. The molecule has 0 saturated carbocycles. The molecule has 1 fully saturated rings. The molecular formula is C13H19N3O3. The third kappa shape index (κ3) is 4.48. The number of ether oxygens (including phenoxy) is 1. The van der Waals surface area contributed by atoms with Crippen molar-refractivity contribution in [2.75, 3.05) is 13.2 Å². The highest BCUT2D eigenvalue weighted by atomic mass is 16.6. The topological polar surface area (TPSA) is 77.3 Å². The van der Waals surface area contributed by atoms with E-state index < -0.39 is 4.92 Å². The third-order valence-corrected chi connectivity index (χ3v) is 3.29. The average Bonchev–Trinajstić information content (AvgIpc) is 2.45. The number of nitrogens with one attached hydrogen (secondary N) is 1. The van der Waals surface area contributed by atoms with Crippen molar-refractivity contribution in [1.82, 2.24) is 10.3 Å². The van der Waals surface area contributed by atoms with E-state index in [2.05, 4.69) is 10.3 Å². The van der Waals surface area contributed by atoms with Gasteiger partial charge in [0.1, 0.15) is 6.20 Å². The molecule has 2 heterocycles. The molecule has 0 aliphatic carbocycles. The summed E-state index contributed by atoms with van der Waals surface area (Å²) < 4.78 is 5.47. The minimum atomic E-state index is -0.467. The van der Waals surface area contributed by atoms with Crippen LogP contribution in [0.1, 0.15) is 32.1 Å². The van der Waals surface area contributed by atoms with Crippen LogP contribution in [0.25, 0.3) is 0 Å². The normalized spacial score (nSPS) is 19.1. The van der Waals surface area contributed by atoms with Crippen LogP contribution in [0, 0.1) is 10.1 Å². The lowest BCUT2D eigenvalue weighted by atomic mass is 10.0. The van der Waals surface area contributed by atoms with Gasteiger partial charge in [-0.3, -0.25) is 10.1 Å². The minimum Gasteiger partial charge on any atom is -0.478 e. The van der Waals surface area contributed by atoms with E-state index in [0.29, 0.717) is 18.5 Å². The lowest BCUT2D eigenvalue weighted by Crippen LogP contribution is -2.34. The molecule has 1 atom stereocenters. The van der Waals surface area contributed by atoms with E-state index in [1.165, 1.54) is 37.6 Å². The molecule has 6 heteroatoms. The fraction of sp³-hybridized carbons (Fsp3) is 0.615. The summed E-state index contributed by atoms with van der Waals surface area (Å²) in [5.41, 5.74) is -0.0150. The largest absolute Gasteiger partial charge is 0.478 e. The number of piperidine rings is 1. The van der Waals surface area contributed by atoms with Crippen LogP contribution >= 0.6 is 0 Å². The fourth-order valence-electron chi connectivity index (χ4n) is 2.24. The van der Waals surface area contributed by atoms with Gasteiger partial charge in [0.15, 0.2) is 0 Å². The van der Waals surface area contributed by atoms with Crippen LogP contribution in [-0.4, -0.2) is 29.1 Å². The van der Waals surface area contributed by atoms with Crippen molar-refractivity contribution in [2.24, 2.45) is 0 Å². The van der Waals surface area contributed by atoms with Gasteiger partial charge in [0.25, 0.3) is 5.69 Å². The van der Waals surface area contributed by atoms with Crippen molar-refractivity contribution in [3.05, 3.63) is 28.4 Å². The van der Waals surface area contributed by atoms with Gasteiger partial charge in [-0.05, 0) is 32.2 Å². The summed E-state index contributed by atoms with van der Waals surface area (Å²) >= 11 is 0. The highest BCUT2D eigenvalue weighted by Gasteiger charge is 2.11. The van der Waals surface area contributed by atoms with Gasteiger partial charge in [-0.2, -0.15) is 0 Å². The molecular weight excluding hydrogens is 246 g/mol. The standard InChI is InChI=1S/C13H19N3O3/c17-16(18)12-6-7-13(15-10-12)19-9-3-5-11-4-1-2-8-14-11/h6-7,10-11,14H,1-5,8-9H2/t11-/m1/s1. The smallest absolute Gasteiger partial charge is 0.287 e. The predicted octanol–water partition coefficient (Wildman–Crippen LogP) is 2.29. The second kappa shape index (κ2) is 7.04. The molecule has 2 rings (SSSR count). The molecule has 1 aromatic rings. The Morgan fingerprint density at radius 3 is 3.00 bits per heavy atom. The molecule has 1 N–H and O–H groups in total. The summed E-state index contributed by atoms with van der Waals surface area (Å²) in [6, 6.07) is 3.56. The first-order chi connectivity index (χ1) is 9.25. The van der Waals surface area contributed by atoms with Crippen molar-refractivity contribution >= 4 is 5.69 Å². The SMILES string of the molecule is O=[N+]([O-])c1ccc(OCCC[C@H]2CCCCN2)nc1. The Bertz CT molecular complexity index is 402. The first-order valence-electron chi connectivity index (χ1n) is 6.72. The van der Waals surface area contributed by atoms with E-state index in [-0.39, 0.29) is 5.69 Å². The van der Waals surface area contributed by atoms with Crippen LogP contribution in [0.4, 0.5) is 5.69 Å². The summed E-state index contributed by atoms with van der Waals surface area (Å²) in [6.07, 6.45) is 7.12. The number of nitrogens with zero attached hydrogens (tertiary/aromatic N) is 2. The van der Waals surface area contributed by atoms with E-state index in [4.69, 9.17) is 4.74 Å². The predicted molar refractivity (Wildman–Crippen MR) is 71.3 cm³/mol. The van der Waals surface area contributed by atoms with Gasteiger partial charge in [-0.25, -0.2) is 4.98 Å². The maximum absolute atomic E-state index is 10.5. The highest BCUT2D eigenvalue weighted by molar-refractivity contribution is 5.28. The van der Waals surface area contributed by atoms with Crippen molar-refractivity contribution in [3.8, 4) is 5.88 Å². The van der Waals surface area contributed by atoms with Gasteiger partial charge in [0, 0.05) is 18.2 Å². The Hall–Kier alpha value is -1.69. The molecule has 1 aliphatic heterocycles. The molecule has 0 spiro atoms. The second-order valence-electron chi connectivity index (χ2n) is 4.75. The molecule has 0 radical (unpaired) electrons. The van der Waals surface area contributed by atoms with Crippen LogP contribution in [0.15, 0.2) is 18.3 Å². The second-order valence-corrected chi connectivity index (χ2v) is 4.75. The van der Waals surface area contributed by atoms with E-state index >= 15 is 0 Å². The van der Waals surface area contributed by atoms with Crippen molar-refractivity contribution in [3.63, 3.8) is 0 Å². The quantitative estimate of drug-likeness (QED) is 0.485. The lowest BCUT2D eigenvalue weighted by molar-refractivity contribution is -0.385. The average molecular weight is 265 g/mol. The number of rotatable bonds is 6. The van der Waals surface area contributed by atoms with Gasteiger partial charge in [-0.1, -0.05) is 6.42 Å². The summed E-state index contributed by atoms with van der Waals surface area (Å²) in [5.74, 6) is 0.446. The molecule has 0 amide bonds. The summed E-state index contributed by atoms with van der Waals surface area (Å²) in [7, 11) is 0. The number of pyridine rings is 1. The van der Waals surface area contributed by atoms with Crippen molar-refractivity contribution < 1.29 is 9.66 Å². The molecule has 0 aromatic carbocycles. The van der Waals surface area contributed by atoms with Gasteiger partial charge in [0.05, 0.1) is 11.5 Å². The summed E-state index contributed by atoms with van der Waals surface area (Å²) in [5, 5.41) is 14.0. The van der Waals surface area contributed by atoms with Crippen LogP contribution in [-0.2, 0) is 0 Å². The summed E-state index contributed by atoms with van der Waals surface area (Å²) in [6.45, 7) is 1.72. The zero-order valence-corrected chi connectivity index (χ0v) is 10.9. The lowest BCUT2D eigenvalue weighted by Gasteiger charge is -2.23. The van der Waals surface area contributed by atoms with Crippen LogP contribution in [0.3, 0.4) is 0 Å². The maximum Gasteiger partial charge on any atom is 0.287 e. The van der Waals surface area contributed by atoms with Crippen LogP contribution < -0.4 is 10.1 Å². The Labute approximate surface area is 112 Å². The first kappa shape index (κ1) is 13.7. The van der Waals surface area contributed by atoms with Gasteiger partial charge < -0.3 is 10.1 Å². The van der Waals surface area contributed by atoms with Crippen LogP contribution in [0.5, 0.6) is 5.88 Å². The molecule has 19 heavy (non-hydrogen) atoms. The monoisotopic (exact) mass is 265 g/mol. The van der Waals surface area contributed by atoms with Crippen LogP contribution in [0.2, 0.25) is 0 Å². The van der Waals surface area contributed by atoms with E-state index in [1.807, 2.05) is 0 Å². The van der Waals surface area contributed by atoms with Gasteiger partial charge in [-0.15, -0.1) is 0 Å². The minimum absolute atomic E-state index is 0.0150. The number of aromatic nitrogens is 1. The Morgan fingerprint density at radius 2 is 2.37 bits per heavy atom. The van der Waals surface area contributed by atoms with E-state index in [0.717, 1.165) is 19.4 Å². The molecule has 1 aromatic heterocycles. The molecule has 1 saturated heterocycles. The maximum atomic E-state index is 10.5. The van der Waals surface area contributed by atoms with Gasteiger partial charge in [0.2, 0.25) is 5.88 Å². The molecule has 1 aliphatic rings. The Morgan fingerprint density at radius 1 is 1.47 bits per heavy atom. The highest BCUT2D eigenvalue weighted by Crippen LogP contribution is 2.15. The summed E-state index contributed by atoms with van der Waals surface area (Å²) in [4.78, 5) is 13.9. The Balaban J connectivity index is 1.66. The Kier molecular flexibility index (Phi) is 5.09. The van der Waals surface area contributed by atoms with Crippen molar-refractivity contribution in [2.45, 2.75) is 38.1 Å². The molecule has 6 nitrogen and oxygen atoms in total. The van der Waals surface area contributed by atoms with Crippen molar-refractivity contribution in [1.29, 1.82) is 0 Å². The fourth-order valence-corrected chi connectivity index (χ4v) is 2.24. The van der Waals surface area contributed by atoms with Gasteiger partial charge >= 0.3 is 0 Å². The zero-order chi connectivity index (χ0) is 13.5. The molecule has 0 bridgehead atoms. The molecule has 104 valence electrons. The third-order valence-electron chi connectivity index (χ3n) is 3.29. The van der Waals surface area contributed by atoms with E-state index in [1.54, 1.807) is 0 Å². The number of hydrogen-bond donors (Lipinski definition) is 1. The van der Waals surface area contributed by atoms with E-state index in [9.17, 15) is 10.1 Å².